The second-order valence-corrected chi connectivity index (χ2v) is 4.17. The summed E-state index contributed by atoms with van der Waals surface area (Å²) in [6, 6.07) is 5.43. The van der Waals surface area contributed by atoms with E-state index in [1.165, 1.54) is 0 Å². The van der Waals surface area contributed by atoms with Crippen LogP contribution in [0.25, 0.3) is 0 Å². The monoisotopic (exact) mass is 244 g/mol. The van der Waals surface area contributed by atoms with Gasteiger partial charge in [0.2, 0.25) is 0 Å². The van der Waals surface area contributed by atoms with Gasteiger partial charge in [0.15, 0.2) is 0 Å². The van der Waals surface area contributed by atoms with Gasteiger partial charge in [-0.3, -0.25) is 0 Å². The molecule has 0 amide bonds. The number of nitrogen functional groups attached to an aromatic ring is 1. The van der Waals surface area contributed by atoms with E-state index in [4.69, 9.17) is 16.6 Å². The lowest BCUT2D eigenvalue weighted by Crippen LogP contribution is -2.36. The number of hydrogen-bond acceptors (Lipinski definition) is 3. The lowest BCUT2D eigenvalue weighted by molar-refractivity contribution is 0.210. The molecule has 1 atom stereocenters. The van der Waals surface area contributed by atoms with Gasteiger partial charge < -0.3 is 16.6 Å². The second-order valence-electron chi connectivity index (χ2n) is 3.31. The number of nitrogens with two attached hydrogens (primary N) is 2. The van der Waals surface area contributed by atoms with Crippen LogP contribution in [0.4, 0.5) is 5.69 Å². The van der Waals surface area contributed by atoms with Gasteiger partial charge in [-0.25, -0.2) is 0 Å². The highest BCUT2D eigenvalue weighted by Gasteiger charge is 2.20. The van der Waals surface area contributed by atoms with Crippen LogP contribution in [0.1, 0.15) is 12.5 Å². The molecule has 0 aliphatic rings. The largest absolute Gasteiger partial charge is 0.398 e. The summed E-state index contributed by atoms with van der Waals surface area (Å²) >= 11 is 3.29. The number of rotatable bonds is 2. The van der Waals surface area contributed by atoms with E-state index >= 15 is 0 Å². The molecule has 1 rings (SSSR count). The van der Waals surface area contributed by atoms with Crippen LogP contribution in [0, 0.1) is 0 Å². The van der Waals surface area contributed by atoms with Gasteiger partial charge in [-0.1, -0.05) is 6.07 Å². The van der Waals surface area contributed by atoms with E-state index in [2.05, 4.69) is 15.9 Å². The van der Waals surface area contributed by atoms with Crippen LogP contribution in [-0.2, 0) is 5.54 Å². The molecule has 0 fully saturated rings. The van der Waals surface area contributed by atoms with Crippen LogP contribution in [0.15, 0.2) is 22.7 Å². The van der Waals surface area contributed by atoms with Gasteiger partial charge >= 0.3 is 0 Å². The van der Waals surface area contributed by atoms with E-state index < -0.39 is 5.54 Å². The first-order valence-electron chi connectivity index (χ1n) is 3.92. The predicted octanol–water partition coefficient (Wildman–Crippen LogP) is 1.20. The Morgan fingerprint density at radius 1 is 1.54 bits per heavy atom. The van der Waals surface area contributed by atoms with Crippen molar-refractivity contribution in [2.24, 2.45) is 5.73 Å². The van der Waals surface area contributed by atoms with Gasteiger partial charge in [0.1, 0.15) is 0 Å². The van der Waals surface area contributed by atoms with Gasteiger partial charge in [0, 0.05) is 10.2 Å². The van der Waals surface area contributed by atoms with E-state index in [-0.39, 0.29) is 6.61 Å². The highest BCUT2D eigenvalue weighted by molar-refractivity contribution is 9.10. The van der Waals surface area contributed by atoms with Gasteiger partial charge in [0.05, 0.1) is 12.1 Å². The standard InChI is InChI=1S/C9H13BrN2O/c1-9(12,5-13)6-2-3-7(10)8(11)4-6/h2-4,13H,5,11-12H2,1H3. The lowest BCUT2D eigenvalue weighted by atomic mass is 9.94. The average Bonchev–Trinajstić information content (AvgIpc) is 2.09. The number of aliphatic hydroxyl groups excluding tert-OH is 1. The molecule has 0 radical (unpaired) electrons. The number of halogens is 1. The summed E-state index contributed by atoms with van der Waals surface area (Å²) in [7, 11) is 0. The van der Waals surface area contributed by atoms with E-state index in [1.54, 1.807) is 13.0 Å². The molecule has 0 aliphatic heterocycles. The fraction of sp³-hybridized carbons (Fsp3) is 0.333. The Labute approximate surface area is 85.9 Å². The Hall–Kier alpha value is -0.580. The molecule has 1 aromatic carbocycles. The van der Waals surface area contributed by atoms with Crippen LogP contribution < -0.4 is 11.5 Å². The zero-order valence-corrected chi connectivity index (χ0v) is 9.01. The zero-order chi connectivity index (χ0) is 10.1. The minimum atomic E-state index is -0.727. The smallest absolute Gasteiger partial charge is 0.0650 e. The summed E-state index contributed by atoms with van der Waals surface area (Å²) < 4.78 is 0.838. The number of aliphatic hydroxyl groups is 1. The Bertz CT molecular complexity index is 312. The molecule has 5 N–H and O–H groups in total. The van der Waals surface area contributed by atoms with E-state index in [1.807, 2.05) is 12.1 Å². The van der Waals surface area contributed by atoms with Gasteiger partial charge in [-0.2, -0.15) is 0 Å². The Balaban J connectivity index is 3.10. The van der Waals surface area contributed by atoms with Gasteiger partial charge in [0.25, 0.3) is 0 Å². The van der Waals surface area contributed by atoms with E-state index in [9.17, 15) is 0 Å². The maximum Gasteiger partial charge on any atom is 0.0650 e. The van der Waals surface area contributed by atoms with Crippen molar-refractivity contribution < 1.29 is 5.11 Å². The average molecular weight is 245 g/mol. The first kappa shape index (κ1) is 10.5. The molecular formula is C9H13BrN2O. The fourth-order valence-electron chi connectivity index (χ4n) is 0.990. The Morgan fingerprint density at radius 3 is 2.62 bits per heavy atom. The quantitative estimate of drug-likeness (QED) is 0.685. The Kier molecular flexibility index (Phi) is 2.95. The van der Waals surface area contributed by atoms with Crippen molar-refractivity contribution >= 4 is 21.6 Å². The minimum Gasteiger partial charge on any atom is -0.398 e. The molecule has 3 nitrogen and oxygen atoms in total. The second kappa shape index (κ2) is 3.65. The molecule has 0 aliphatic carbocycles. The van der Waals surface area contributed by atoms with Crippen LogP contribution in [0.5, 0.6) is 0 Å². The number of anilines is 1. The summed E-state index contributed by atoms with van der Waals surface area (Å²) in [4.78, 5) is 0. The zero-order valence-electron chi connectivity index (χ0n) is 7.42. The third-order valence-corrected chi connectivity index (χ3v) is 2.71. The number of benzene rings is 1. The maximum atomic E-state index is 9.03. The minimum absolute atomic E-state index is 0.103. The van der Waals surface area contributed by atoms with Crippen molar-refractivity contribution in [1.82, 2.24) is 0 Å². The molecule has 0 aromatic heterocycles. The first-order valence-corrected chi connectivity index (χ1v) is 4.72. The predicted molar refractivity (Wildman–Crippen MR) is 57.2 cm³/mol. The maximum absolute atomic E-state index is 9.03. The van der Waals surface area contributed by atoms with Crippen LogP contribution in [0.3, 0.4) is 0 Å². The van der Waals surface area contributed by atoms with Crippen molar-refractivity contribution in [1.29, 1.82) is 0 Å². The van der Waals surface area contributed by atoms with Crippen molar-refractivity contribution in [3.05, 3.63) is 28.2 Å². The summed E-state index contributed by atoms with van der Waals surface area (Å²) in [5.74, 6) is 0. The van der Waals surface area contributed by atoms with Crippen molar-refractivity contribution in [2.45, 2.75) is 12.5 Å². The van der Waals surface area contributed by atoms with Crippen LogP contribution >= 0.6 is 15.9 Å². The van der Waals surface area contributed by atoms with Crippen molar-refractivity contribution in [2.75, 3.05) is 12.3 Å². The van der Waals surface area contributed by atoms with E-state index in [0.717, 1.165) is 10.0 Å². The molecule has 0 bridgehead atoms. The molecule has 1 aromatic rings. The third kappa shape index (κ3) is 2.21. The highest BCUT2D eigenvalue weighted by Crippen LogP contribution is 2.25. The molecule has 0 spiro atoms. The summed E-state index contributed by atoms with van der Waals surface area (Å²) in [5.41, 5.74) is 12.3. The first-order chi connectivity index (χ1) is 5.97. The van der Waals surface area contributed by atoms with Gasteiger partial charge in [-0.15, -0.1) is 0 Å². The summed E-state index contributed by atoms with van der Waals surface area (Å²) in [5, 5.41) is 9.03. The van der Waals surface area contributed by atoms with Crippen molar-refractivity contribution in [3.63, 3.8) is 0 Å². The molecule has 0 saturated carbocycles. The van der Waals surface area contributed by atoms with E-state index in [0.29, 0.717) is 5.69 Å². The SMILES string of the molecule is CC(N)(CO)c1ccc(Br)c(N)c1. The molecule has 72 valence electrons. The number of hydrogen-bond donors (Lipinski definition) is 3. The molecule has 0 heterocycles. The summed E-state index contributed by atoms with van der Waals surface area (Å²) in [6.45, 7) is 1.66. The van der Waals surface area contributed by atoms with Crippen molar-refractivity contribution in [3.8, 4) is 0 Å². The van der Waals surface area contributed by atoms with Gasteiger partial charge in [-0.05, 0) is 40.5 Å². The van der Waals surface area contributed by atoms with Crippen LogP contribution in [0.2, 0.25) is 0 Å². The molecule has 4 heteroatoms. The lowest BCUT2D eigenvalue weighted by Gasteiger charge is -2.22. The molecule has 13 heavy (non-hydrogen) atoms. The molecule has 1 unspecified atom stereocenters. The Morgan fingerprint density at radius 2 is 2.15 bits per heavy atom. The normalized spacial score (nSPS) is 15.4. The molecule has 0 saturated heterocycles. The highest BCUT2D eigenvalue weighted by atomic mass is 79.9. The van der Waals surface area contributed by atoms with Crippen LogP contribution in [-0.4, -0.2) is 11.7 Å². The topological polar surface area (TPSA) is 72.3 Å². The third-order valence-electron chi connectivity index (χ3n) is 1.98. The fourth-order valence-corrected chi connectivity index (χ4v) is 1.24. The summed E-state index contributed by atoms with van der Waals surface area (Å²) in [6.07, 6.45) is 0. The molecular weight excluding hydrogens is 232 g/mol.